The van der Waals surface area contributed by atoms with Gasteiger partial charge in [0, 0.05) is 11.1 Å². The van der Waals surface area contributed by atoms with E-state index in [1.54, 1.807) is 29.8 Å². The first kappa shape index (κ1) is 13.2. The van der Waals surface area contributed by atoms with Crippen LogP contribution in [-0.4, -0.2) is 8.42 Å². The van der Waals surface area contributed by atoms with Crippen molar-refractivity contribution in [1.29, 1.82) is 0 Å². The molecule has 0 aliphatic heterocycles. The number of nitrogens with one attached hydrogen (secondary N) is 1. The highest BCUT2D eigenvalue weighted by atomic mass is 35.5. The van der Waals surface area contributed by atoms with Crippen molar-refractivity contribution in [3.05, 3.63) is 39.5 Å². The molecule has 0 aliphatic rings. The largest absolute Gasteiger partial charge is 0.398 e. The van der Waals surface area contributed by atoms with Crippen LogP contribution in [0, 0.1) is 6.92 Å². The summed E-state index contributed by atoms with van der Waals surface area (Å²) in [4.78, 5) is -0.0153. The van der Waals surface area contributed by atoms with Crippen molar-refractivity contribution in [3.8, 4) is 0 Å². The predicted molar refractivity (Wildman–Crippen MR) is 75.7 cm³/mol. The fourth-order valence-electron chi connectivity index (χ4n) is 1.41. The number of halogens is 1. The maximum atomic E-state index is 12.1. The van der Waals surface area contributed by atoms with Crippen LogP contribution in [0.5, 0.6) is 0 Å². The summed E-state index contributed by atoms with van der Waals surface area (Å²) in [7, 11) is -3.71. The molecule has 0 spiro atoms. The molecule has 2 aromatic rings. The predicted octanol–water partition coefficient (Wildman–Crippen LogP) is 3.09. The zero-order chi connectivity index (χ0) is 13.3. The second kappa shape index (κ2) is 4.79. The van der Waals surface area contributed by atoms with Crippen LogP contribution in [0.25, 0.3) is 0 Å². The normalized spacial score (nSPS) is 11.4. The second-order valence-corrected chi connectivity index (χ2v) is 6.59. The molecule has 0 atom stereocenters. The molecule has 0 unspecified atom stereocenters. The smallest absolute Gasteiger partial charge is 0.263 e. The van der Waals surface area contributed by atoms with Crippen molar-refractivity contribution in [2.75, 3.05) is 10.5 Å². The minimum absolute atomic E-state index is 0.0153. The fourth-order valence-corrected chi connectivity index (χ4v) is 3.74. The second-order valence-electron chi connectivity index (χ2n) is 3.76. The van der Waals surface area contributed by atoms with Crippen molar-refractivity contribution < 1.29 is 8.42 Å². The SMILES string of the molecule is Cc1cc(Cl)c(S(=O)(=O)Nc2ccsc2)cc1N. The Morgan fingerprint density at radius 1 is 1.39 bits per heavy atom. The number of sulfonamides is 1. The minimum atomic E-state index is -3.71. The lowest BCUT2D eigenvalue weighted by molar-refractivity contribution is 0.601. The van der Waals surface area contributed by atoms with Crippen molar-refractivity contribution >= 4 is 44.3 Å². The molecule has 0 radical (unpaired) electrons. The zero-order valence-corrected chi connectivity index (χ0v) is 11.9. The summed E-state index contributed by atoms with van der Waals surface area (Å²) >= 11 is 7.35. The van der Waals surface area contributed by atoms with Gasteiger partial charge in [0.05, 0.1) is 10.7 Å². The molecule has 96 valence electrons. The van der Waals surface area contributed by atoms with E-state index in [1.165, 1.54) is 17.4 Å². The third kappa shape index (κ3) is 2.60. The first-order valence-electron chi connectivity index (χ1n) is 5.01. The maximum absolute atomic E-state index is 12.1. The van der Waals surface area contributed by atoms with Gasteiger partial charge in [-0.15, -0.1) is 0 Å². The maximum Gasteiger partial charge on any atom is 0.263 e. The van der Waals surface area contributed by atoms with Crippen LogP contribution in [0.4, 0.5) is 11.4 Å². The number of hydrogen-bond acceptors (Lipinski definition) is 4. The Morgan fingerprint density at radius 2 is 2.11 bits per heavy atom. The highest BCUT2D eigenvalue weighted by Crippen LogP contribution is 2.28. The molecule has 2 rings (SSSR count). The summed E-state index contributed by atoms with van der Waals surface area (Å²) in [6.45, 7) is 1.77. The molecule has 0 aliphatic carbocycles. The number of hydrogen-bond donors (Lipinski definition) is 2. The third-order valence-corrected chi connectivity index (χ3v) is 4.91. The molecule has 0 amide bonds. The van der Waals surface area contributed by atoms with Crippen LogP contribution < -0.4 is 10.5 Å². The van der Waals surface area contributed by atoms with Crippen LogP contribution in [0.3, 0.4) is 0 Å². The summed E-state index contributed by atoms with van der Waals surface area (Å²) in [5.74, 6) is 0. The van der Waals surface area contributed by atoms with Gasteiger partial charge in [0.1, 0.15) is 4.90 Å². The standard InChI is InChI=1S/C11H11ClN2O2S2/c1-7-4-9(12)11(5-10(7)13)18(15,16)14-8-2-3-17-6-8/h2-6,14H,13H2,1H3. The average Bonchev–Trinajstić information content (AvgIpc) is 2.75. The van der Waals surface area contributed by atoms with Crippen molar-refractivity contribution in [2.45, 2.75) is 11.8 Å². The first-order chi connectivity index (χ1) is 8.40. The zero-order valence-electron chi connectivity index (χ0n) is 9.48. The Hall–Kier alpha value is -1.24. The Bertz CT molecular complexity index is 667. The van der Waals surface area contributed by atoms with Gasteiger partial charge in [-0.3, -0.25) is 4.72 Å². The molecular weight excluding hydrogens is 292 g/mol. The molecule has 1 aromatic heterocycles. The van der Waals surface area contributed by atoms with Gasteiger partial charge in [0.25, 0.3) is 10.0 Å². The van der Waals surface area contributed by atoms with E-state index in [0.29, 0.717) is 11.4 Å². The number of benzene rings is 1. The van der Waals surface area contributed by atoms with Crippen LogP contribution in [0.1, 0.15) is 5.56 Å². The van der Waals surface area contributed by atoms with Gasteiger partial charge >= 0.3 is 0 Å². The van der Waals surface area contributed by atoms with Crippen LogP contribution >= 0.6 is 22.9 Å². The number of aryl methyl sites for hydroxylation is 1. The minimum Gasteiger partial charge on any atom is -0.398 e. The van der Waals surface area contributed by atoms with Gasteiger partial charge < -0.3 is 5.73 Å². The monoisotopic (exact) mass is 302 g/mol. The molecule has 1 aromatic carbocycles. The van der Waals surface area contributed by atoms with E-state index < -0.39 is 10.0 Å². The van der Waals surface area contributed by atoms with Crippen molar-refractivity contribution in [2.24, 2.45) is 0 Å². The van der Waals surface area contributed by atoms with E-state index in [2.05, 4.69) is 4.72 Å². The summed E-state index contributed by atoms with van der Waals surface area (Å²) in [6.07, 6.45) is 0. The van der Waals surface area contributed by atoms with E-state index in [9.17, 15) is 8.42 Å². The number of rotatable bonds is 3. The summed E-state index contributed by atoms with van der Waals surface area (Å²) in [6, 6.07) is 4.58. The molecule has 18 heavy (non-hydrogen) atoms. The first-order valence-corrected chi connectivity index (χ1v) is 7.81. The van der Waals surface area contributed by atoms with E-state index in [1.807, 2.05) is 0 Å². The average molecular weight is 303 g/mol. The van der Waals surface area contributed by atoms with E-state index >= 15 is 0 Å². The third-order valence-electron chi connectivity index (χ3n) is 2.38. The molecule has 0 bridgehead atoms. The Kier molecular flexibility index (Phi) is 3.52. The van der Waals surface area contributed by atoms with Gasteiger partial charge in [-0.1, -0.05) is 11.6 Å². The molecule has 0 saturated heterocycles. The lowest BCUT2D eigenvalue weighted by Gasteiger charge is -2.10. The highest BCUT2D eigenvalue weighted by molar-refractivity contribution is 7.92. The van der Waals surface area contributed by atoms with Gasteiger partial charge in [-0.05, 0) is 36.1 Å². The molecular formula is C11H11ClN2O2S2. The number of nitrogens with two attached hydrogens (primary N) is 1. The van der Waals surface area contributed by atoms with E-state index in [0.717, 1.165) is 5.56 Å². The van der Waals surface area contributed by atoms with Crippen LogP contribution in [0.2, 0.25) is 5.02 Å². The molecule has 4 nitrogen and oxygen atoms in total. The Morgan fingerprint density at radius 3 is 2.72 bits per heavy atom. The van der Waals surface area contributed by atoms with Crippen molar-refractivity contribution in [3.63, 3.8) is 0 Å². The molecule has 7 heteroatoms. The quantitative estimate of drug-likeness (QED) is 0.856. The van der Waals surface area contributed by atoms with E-state index in [-0.39, 0.29) is 9.92 Å². The summed E-state index contributed by atoms with van der Waals surface area (Å²) in [5, 5.41) is 3.64. The number of anilines is 2. The molecule has 1 heterocycles. The van der Waals surface area contributed by atoms with Gasteiger partial charge in [-0.2, -0.15) is 11.3 Å². The van der Waals surface area contributed by atoms with Gasteiger partial charge in [0.15, 0.2) is 0 Å². The number of thiophene rings is 1. The molecule has 3 N–H and O–H groups in total. The highest BCUT2D eigenvalue weighted by Gasteiger charge is 2.19. The van der Waals surface area contributed by atoms with Gasteiger partial charge in [0.2, 0.25) is 0 Å². The molecule has 0 fully saturated rings. The van der Waals surface area contributed by atoms with Crippen LogP contribution in [-0.2, 0) is 10.0 Å². The van der Waals surface area contributed by atoms with E-state index in [4.69, 9.17) is 17.3 Å². The summed E-state index contributed by atoms with van der Waals surface area (Å²) < 4.78 is 26.7. The summed E-state index contributed by atoms with van der Waals surface area (Å²) in [5.41, 5.74) is 7.36. The number of nitrogen functional groups attached to an aromatic ring is 1. The lowest BCUT2D eigenvalue weighted by atomic mass is 10.2. The van der Waals surface area contributed by atoms with Crippen molar-refractivity contribution in [1.82, 2.24) is 0 Å². The van der Waals surface area contributed by atoms with Crippen LogP contribution in [0.15, 0.2) is 33.9 Å². The topological polar surface area (TPSA) is 72.2 Å². The Labute approximate surface area is 114 Å². The molecule has 0 saturated carbocycles. The fraction of sp³-hybridized carbons (Fsp3) is 0.0909. The Balaban J connectivity index is 2.44. The lowest BCUT2D eigenvalue weighted by Crippen LogP contribution is -2.13. The van der Waals surface area contributed by atoms with Gasteiger partial charge in [-0.25, -0.2) is 8.42 Å².